The van der Waals surface area contributed by atoms with Crippen molar-refractivity contribution in [1.29, 1.82) is 0 Å². The third kappa shape index (κ3) is 4.24. The van der Waals surface area contributed by atoms with Crippen LogP contribution in [0.4, 0.5) is 4.39 Å². The van der Waals surface area contributed by atoms with E-state index < -0.39 is 0 Å². The molecule has 3 N–H and O–H groups in total. The molecule has 5 heteroatoms. The lowest BCUT2D eigenvalue weighted by Gasteiger charge is -2.17. The van der Waals surface area contributed by atoms with E-state index in [1.54, 1.807) is 6.07 Å². The van der Waals surface area contributed by atoms with Crippen molar-refractivity contribution in [2.24, 2.45) is 5.84 Å². The highest BCUT2D eigenvalue weighted by Crippen LogP contribution is 2.25. The lowest BCUT2D eigenvalue weighted by molar-refractivity contribution is 0.101. The van der Waals surface area contributed by atoms with E-state index in [-0.39, 0.29) is 11.9 Å². The van der Waals surface area contributed by atoms with Gasteiger partial charge in [0.25, 0.3) is 0 Å². The molecule has 0 radical (unpaired) electrons. The topological polar surface area (TPSA) is 47.3 Å². The average Bonchev–Trinajstić information content (AvgIpc) is 2.91. The Balaban J connectivity index is 1.86. The molecule has 2 unspecified atom stereocenters. The van der Waals surface area contributed by atoms with Crippen molar-refractivity contribution < 1.29 is 9.13 Å². The molecule has 1 aliphatic heterocycles. The maximum atomic E-state index is 13.5. The van der Waals surface area contributed by atoms with Crippen molar-refractivity contribution in [3.63, 3.8) is 0 Å². The molecule has 106 valence electrons. The summed E-state index contributed by atoms with van der Waals surface area (Å²) in [5, 5.41) is 0. The highest BCUT2D eigenvalue weighted by molar-refractivity contribution is 9.10. The largest absolute Gasteiger partial charge is 0.378 e. The Hall–Kier alpha value is -0.490. The summed E-state index contributed by atoms with van der Waals surface area (Å²) in [6, 6.07) is 5.13. The molecular weight excluding hydrogens is 311 g/mol. The summed E-state index contributed by atoms with van der Waals surface area (Å²) >= 11 is 3.15. The van der Waals surface area contributed by atoms with Crippen LogP contribution in [0.3, 0.4) is 0 Å². The van der Waals surface area contributed by atoms with Crippen molar-refractivity contribution in [1.82, 2.24) is 5.43 Å². The highest BCUT2D eigenvalue weighted by atomic mass is 79.9. The van der Waals surface area contributed by atoms with Gasteiger partial charge in [0.05, 0.1) is 10.6 Å². The van der Waals surface area contributed by atoms with Crippen LogP contribution >= 0.6 is 15.9 Å². The zero-order valence-electron chi connectivity index (χ0n) is 10.9. The van der Waals surface area contributed by atoms with Crippen LogP contribution in [0.25, 0.3) is 0 Å². The maximum absolute atomic E-state index is 13.5. The Morgan fingerprint density at radius 3 is 3.00 bits per heavy atom. The Morgan fingerprint density at radius 1 is 1.53 bits per heavy atom. The molecule has 0 aromatic heterocycles. The van der Waals surface area contributed by atoms with Gasteiger partial charge in [-0.05, 0) is 65.7 Å². The first-order valence-corrected chi connectivity index (χ1v) is 7.52. The fourth-order valence-corrected chi connectivity index (χ4v) is 2.74. The number of rotatable bonds is 6. The molecule has 0 saturated carbocycles. The molecule has 1 aliphatic rings. The second kappa shape index (κ2) is 7.33. The van der Waals surface area contributed by atoms with Crippen LogP contribution in [0.1, 0.15) is 43.7 Å². The monoisotopic (exact) mass is 330 g/mol. The second-order valence-electron chi connectivity index (χ2n) is 4.96. The molecular formula is C14H20BrFN2O. The molecule has 0 amide bonds. The van der Waals surface area contributed by atoms with Gasteiger partial charge in [0.15, 0.2) is 0 Å². The van der Waals surface area contributed by atoms with Crippen molar-refractivity contribution in [2.75, 3.05) is 6.61 Å². The molecule has 19 heavy (non-hydrogen) atoms. The Labute approximate surface area is 121 Å². The highest BCUT2D eigenvalue weighted by Gasteiger charge is 2.17. The summed E-state index contributed by atoms with van der Waals surface area (Å²) in [5.41, 5.74) is 3.65. The van der Waals surface area contributed by atoms with Crippen molar-refractivity contribution in [3.05, 3.63) is 34.1 Å². The van der Waals surface area contributed by atoms with E-state index in [1.165, 1.54) is 12.5 Å². The van der Waals surface area contributed by atoms with Gasteiger partial charge in [0.1, 0.15) is 5.82 Å². The summed E-state index contributed by atoms with van der Waals surface area (Å²) in [4.78, 5) is 0. The van der Waals surface area contributed by atoms with Crippen LogP contribution in [-0.4, -0.2) is 12.7 Å². The van der Waals surface area contributed by atoms with Crippen molar-refractivity contribution in [2.45, 2.75) is 44.2 Å². The number of hydrazine groups is 1. The minimum Gasteiger partial charge on any atom is -0.378 e. The Morgan fingerprint density at radius 2 is 2.37 bits per heavy atom. The quantitative estimate of drug-likeness (QED) is 0.620. The predicted octanol–water partition coefficient (Wildman–Crippen LogP) is 3.44. The second-order valence-corrected chi connectivity index (χ2v) is 5.81. The third-order valence-electron chi connectivity index (χ3n) is 3.59. The van der Waals surface area contributed by atoms with Gasteiger partial charge < -0.3 is 4.74 Å². The van der Waals surface area contributed by atoms with Crippen LogP contribution in [0.5, 0.6) is 0 Å². The number of nitrogens with two attached hydrogens (primary N) is 1. The Kier molecular flexibility index (Phi) is 5.76. The molecule has 1 aromatic rings. The SMILES string of the molecule is NNC(CCCC1CCCO1)c1ccc(Br)c(F)c1. The zero-order valence-corrected chi connectivity index (χ0v) is 12.5. The Bertz CT molecular complexity index is 410. The lowest BCUT2D eigenvalue weighted by atomic mass is 9.99. The minimum atomic E-state index is -0.253. The predicted molar refractivity (Wildman–Crippen MR) is 77.0 cm³/mol. The van der Waals surface area contributed by atoms with Crippen molar-refractivity contribution in [3.8, 4) is 0 Å². The number of nitrogens with one attached hydrogen (secondary N) is 1. The summed E-state index contributed by atoms with van der Waals surface area (Å²) in [5.74, 6) is 5.32. The summed E-state index contributed by atoms with van der Waals surface area (Å²) < 4.78 is 19.6. The van der Waals surface area contributed by atoms with Gasteiger partial charge in [-0.3, -0.25) is 11.3 Å². The molecule has 1 fully saturated rings. The van der Waals surface area contributed by atoms with E-state index >= 15 is 0 Å². The van der Waals surface area contributed by atoms with E-state index in [9.17, 15) is 4.39 Å². The van der Waals surface area contributed by atoms with E-state index in [1.807, 2.05) is 6.07 Å². The minimum absolute atomic E-state index is 0.0102. The van der Waals surface area contributed by atoms with Crippen LogP contribution in [0.15, 0.2) is 22.7 Å². The molecule has 0 spiro atoms. The number of ether oxygens (including phenoxy) is 1. The molecule has 2 rings (SSSR count). The average molecular weight is 331 g/mol. The molecule has 1 aromatic carbocycles. The van der Waals surface area contributed by atoms with Crippen LogP contribution in [-0.2, 0) is 4.74 Å². The van der Waals surface area contributed by atoms with Gasteiger partial charge in [0.2, 0.25) is 0 Å². The maximum Gasteiger partial charge on any atom is 0.137 e. The van der Waals surface area contributed by atoms with Gasteiger partial charge in [0, 0.05) is 12.6 Å². The molecule has 2 atom stereocenters. The number of halogens is 2. The molecule has 0 bridgehead atoms. The normalized spacial score (nSPS) is 20.7. The van der Waals surface area contributed by atoms with E-state index in [2.05, 4.69) is 21.4 Å². The van der Waals surface area contributed by atoms with E-state index in [4.69, 9.17) is 10.6 Å². The van der Waals surface area contributed by atoms with E-state index in [0.717, 1.165) is 37.9 Å². The smallest absolute Gasteiger partial charge is 0.137 e. The van der Waals surface area contributed by atoms with Gasteiger partial charge in [-0.25, -0.2) is 4.39 Å². The fraction of sp³-hybridized carbons (Fsp3) is 0.571. The summed E-state index contributed by atoms with van der Waals surface area (Å²) in [6.45, 7) is 0.890. The molecule has 3 nitrogen and oxygen atoms in total. The number of hydrogen-bond donors (Lipinski definition) is 2. The first kappa shape index (κ1) is 14.9. The lowest BCUT2D eigenvalue weighted by Crippen LogP contribution is -2.28. The molecule has 1 heterocycles. The molecule has 0 aliphatic carbocycles. The first-order valence-electron chi connectivity index (χ1n) is 6.73. The zero-order chi connectivity index (χ0) is 13.7. The van der Waals surface area contributed by atoms with Gasteiger partial charge in [-0.15, -0.1) is 0 Å². The number of hydrogen-bond acceptors (Lipinski definition) is 3. The van der Waals surface area contributed by atoms with Crippen LogP contribution in [0, 0.1) is 5.82 Å². The molecule has 1 saturated heterocycles. The van der Waals surface area contributed by atoms with Crippen LogP contribution in [0.2, 0.25) is 0 Å². The van der Waals surface area contributed by atoms with Gasteiger partial charge >= 0.3 is 0 Å². The van der Waals surface area contributed by atoms with Crippen molar-refractivity contribution >= 4 is 15.9 Å². The van der Waals surface area contributed by atoms with E-state index in [0.29, 0.717) is 10.6 Å². The standard InChI is InChI=1S/C14H20BrFN2O/c15-12-7-6-10(9-13(12)16)14(18-17)5-1-3-11-4-2-8-19-11/h6-7,9,11,14,18H,1-5,8,17H2. The fourth-order valence-electron chi connectivity index (χ4n) is 2.50. The first-order chi connectivity index (χ1) is 9.20. The summed E-state index contributed by atoms with van der Waals surface area (Å²) in [6.07, 6.45) is 5.70. The summed E-state index contributed by atoms with van der Waals surface area (Å²) in [7, 11) is 0. The third-order valence-corrected chi connectivity index (χ3v) is 4.23. The van der Waals surface area contributed by atoms with Gasteiger partial charge in [-0.1, -0.05) is 6.07 Å². The number of benzene rings is 1. The van der Waals surface area contributed by atoms with Gasteiger partial charge in [-0.2, -0.15) is 0 Å². The van der Waals surface area contributed by atoms with Crippen LogP contribution < -0.4 is 11.3 Å².